The molecule has 144 valence electrons. The van der Waals surface area contributed by atoms with E-state index in [1.54, 1.807) is 29.2 Å². The van der Waals surface area contributed by atoms with Crippen LogP contribution in [0.2, 0.25) is 0 Å². The van der Waals surface area contributed by atoms with Crippen LogP contribution in [0, 0.1) is 17.2 Å². The van der Waals surface area contributed by atoms with Crippen LogP contribution < -0.4 is 0 Å². The quantitative estimate of drug-likeness (QED) is 0.740. The van der Waals surface area contributed by atoms with E-state index in [-0.39, 0.29) is 18.9 Å². The van der Waals surface area contributed by atoms with Crippen molar-refractivity contribution in [3.8, 4) is 6.07 Å². The van der Waals surface area contributed by atoms with E-state index in [1.165, 1.54) is 0 Å². The number of esters is 1. The van der Waals surface area contributed by atoms with Crippen molar-refractivity contribution >= 4 is 12.1 Å². The number of likely N-dealkylation sites (tertiary alicyclic amines) is 1. The highest BCUT2D eigenvalue weighted by Crippen LogP contribution is 2.25. The third-order valence-electron chi connectivity index (χ3n) is 4.75. The van der Waals surface area contributed by atoms with Crippen LogP contribution >= 0.6 is 0 Å². The summed E-state index contributed by atoms with van der Waals surface area (Å²) in [5, 5.41) is 9.14. The summed E-state index contributed by atoms with van der Waals surface area (Å²) in [6.45, 7) is 0.946. The molecule has 1 saturated heterocycles. The van der Waals surface area contributed by atoms with Gasteiger partial charge in [-0.15, -0.1) is 0 Å². The molecule has 1 aliphatic rings. The normalized spacial score (nSPS) is 18.8. The zero-order chi connectivity index (χ0) is 19.8. The van der Waals surface area contributed by atoms with Gasteiger partial charge in [-0.2, -0.15) is 5.26 Å². The van der Waals surface area contributed by atoms with Crippen LogP contribution in [0.1, 0.15) is 28.8 Å². The molecule has 0 spiro atoms. The third kappa shape index (κ3) is 5.10. The summed E-state index contributed by atoms with van der Waals surface area (Å²) in [5.41, 5.74) is 1.39. The van der Waals surface area contributed by atoms with E-state index >= 15 is 0 Å². The number of nitrogens with zero attached hydrogens (tertiary/aromatic N) is 2. The number of carbonyl (C=O) groups is 2. The van der Waals surface area contributed by atoms with Crippen molar-refractivity contribution in [1.29, 1.82) is 5.26 Å². The molecule has 1 heterocycles. The maximum atomic E-state index is 12.4. The van der Waals surface area contributed by atoms with E-state index < -0.39 is 18.2 Å². The van der Waals surface area contributed by atoms with Crippen LogP contribution in [-0.4, -0.2) is 36.2 Å². The summed E-state index contributed by atoms with van der Waals surface area (Å²) >= 11 is 0. The fourth-order valence-corrected chi connectivity index (χ4v) is 3.24. The van der Waals surface area contributed by atoms with Crippen LogP contribution in [0.5, 0.6) is 0 Å². The smallest absolute Gasteiger partial charge is 0.410 e. The molecule has 0 bridgehead atoms. The lowest BCUT2D eigenvalue weighted by atomic mass is 9.92. The summed E-state index contributed by atoms with van der Waals surface area (Å²) in [6.07, 6.45) is -0.134. The van der Waals surface area contributed by atoms with Crippen molar-refractivity contribution in [3.63, 3.8) is 0 Å². The first kappa shape index (κ1) is 19.4. The molecule has 6 nitrogen and oxygen atoms in total. The minimum Gasteiger partial charge on any atom is -0.458 e. The number of hydrogen-bond donors (Lipinski definition) is 0. The summed E-state index contributed by atoms with van der Waals surface area (Å²) in [4.78, 5) is 26.3. The Morgan fingerprint density at radius 2 is 1.75 bits per heavy atom. The zero-order valence-corrected chi connectivity index (χ0v) is 15.5. The topological polar surface area (TPSA) is 79.6 Å². The van der Waals surface area contributed by atoms with E-state index in [4.69, 9.17) is 14.7 Å². The average molecular weight is 378 g/mol. The van der Waals surface area contributed by atoms with E-state index in [9.17, 15) is 9.59 Å². The Labute approximate surface area is 164 Å². The number of benzene rings is 2. The number of amides is 1. The SMILES string of the molecule is N#CC[C@@H]1CN(C(=O)OCc2ccccc2)CC[C@H]1OC(=O)c1ccccc1. The minimum atomic E-state index is -0.417. The summed E-state index contributed by atoms with van der Waals surface area (Å²) in [6, 6.07) is 20.3. The fourth-order valence-electron chi connectivity index (χ4n) is 3.24. The van der Waals surface area contributed by atoms with Gasteiger partial charge >= 0.3 is 12.1 Å². The van der Waals surface area contributed by atoms with Gasteiger partial charge in [-0.1, -0.05) is 48.5 Å². The number of carbonyl (C=O) groups excluding carboxylic acids is 2. The van der Waals surface area contributed by atoms with Gasteiger partial charge in [0.25, 0.3) is 0 Å². The molecule has 28 heavy (non-hydrogen) atoms. The molecule has 1 aliphatic heterocycles. The van der Waals surface area contributed by atoms with Gasteiger partial charge in [0.2, 0.25) is 0 Å². The Morgan fingerprint density at radius 3 is 2.43 bits per heavy atom. The first-order chi connectivity index (χ1) is 13.7. The van der Waals surface area contributed by atoms with Gasteiger partial charge in [-0.3, -0.25) is 0 Å². The Kier molecular flexibility index (Phi) is 6.64. The van der Waals surface area contributed by atoms with Crippen LogP contribution in [0.4, 0.5) is 4.79 Å². The van der Waals surface area contributed by atoms with Crippen LogP contribution in [0.3, 0.4) is 0 Å². The highest BCUT2D eigenvalue weighted by Gasteiger charge is 2.34. The minimum absolute atomic E-state index is 0.200. The van der Waals surface area contributed by atoms with Gasteiger partial charge in [0, 0.05) is 31.8 Å². The molecule has 0 aromatic heterocycles. The van der Waals surface area contributed by atoms with Crippen LogP contribution in [-0.2, 0) is 16.1 Å². The first-order valence-electron chi connectivity index (χ1n) is 9.26. The largest absolute Gasteiger partial charge is 0.458 e. The molecular formula is C22H22N2O4. The highest BCUT2D eigenvalue weighted by atomic mass is 16.6. The summed E-state index contributed by atoms with van der Waals surface area (Å²) in [7, 11) is 0. The fraction of sp³-hybridized carbons (Fsp3) is 0.318. The first-order valence-corrected chi connectivity index (χ1v) is 9.26. The second-order valence-electron chi connectivity index (χ2n) is 6.71. The van der Waals surface area contributed by atoms with E-state index in [2.05, 4.69) is 6.07 Å². The second kappa shape index (κ2) is 9.56. The number of piperidine rings is 1. The molecule has 0 unspecified atom stereocenters. The monoisotopic (exact) mass is 378 g/mol. The molecule has 0 N–H and O–H groups in total. The Balaban J connectivity index is 1.56. The number of nitriles is 1. The van der Waals surface area contributed by atoms with Gasteiger partial charge < -0.3 is 14.4 Å². The molecule has 0 aliphatic carbocycles. The predicted molar refractivity (Wildman–Crippen MR) is 102 cm³/mol. The van der Waals surface area contributed by atoms with Crippen LogP contribution in [0.25, 0.3) is 0 Å². The molecule has 6 heteroatoms. The number of ether oxygens (including phenoxy) is 2. The Hall–Kier alpha value is -3.33. The molecule has 2 atom stereocenters. The Morgan fingerprint density at radius 1 is 1.07 bits per heavy atom. The van der Waals surface area contributed by atoms with E-state index in [0.29, 0.717) is 25.1 Å². The van der Waals surface area contributed by atoms with Gasteiger partial charge in [0.1, 0.15) is 12.7 Å². The lowest BCUT2D eigenvalue weighted by molar-refractivity contribution is -0.0141. The summed E-state index contributed by atoms with van der Waals surface area (Å²) in [5.74, 6) is -0.649. The average Bonchev–Trinajstić information content (AvgIpc) is 2.74. The van der Waals surface area contributed by atoms with Crippen molar-refractivity contribution in [2.24, 2.45) is 5.92 Å². The zero-order valence-electron chi connectivity index (χ0n) is 15.5. The maximum absolute atomic E-state index is 12.4. The van der Waals surface area contributed by atoms with Crippen molar-refractivity contribution < 1.29 is 19.1 Å². The summed E-state index contributed by atoms with van der Waals surface area (Å²) < 4.78 is 11.0. The lowest BCUT2D eigenvalue weighted by Gasteiger charge is -2.36. The van der Waals surface area contributed by atoms with Crippen molar-refractivity contribution in [2.45, 2.75) is 25.6 Å². The van der Waals surface area contributed by atoms with Crippen molar-refractivity contribution in [1.82, 2.24) is 4.90 Å². The Bertz CT molecular complexity index is 833. The molecule has 3 rings (SSSR count). The lowest BCUT2D eigenvalue weighted by Crippen LogP contribution is -2.47. The van der Waals surface area contributed by atoms with Crippen molar-refractivity contribution in [3.05, 3.63) is 71.8 Å². The molecule has 0 radical (unpaired) electrons. The molecule has 2 aromatic rings. The molecule has 1 fully saturated rings. The van der Waals surface area contributed by atoms with Crippen molar-refractivity contribution in [2.75, 3.05) is 13.1 Å². The standard InChI is InChI=1S/C22H22N2O4/c23-13-11-19-15-24(22(26)27-16-17-7-3-1-4-8-17)14-12-20(19)28-21(25)18-9-5-2-6-10-18/h1-10,19-20H,11-12,14-16H2/t19-,20-/m1/s1. The van der Waals surface area contributed by atoms with Gasteiger partial charge in [-0.05, 0) is 17.7 Å². The molecule has 1 amide bonds. The maximum Gasteiger partial charge on any atom is 0.410 e. The molecule has 0 saturated carbocycles. The highest BCUT2D eigenvalue weighted by molar-refractivity contribution is 5.89. The molecule has 2 aromatic carbocycles. The van der Waals surface area contributed by atoms with Gasteiger partial charge in [-0.25, -0.2) is 9.59 Å². The van der Waals surface area contributed by atoms with Crippen LogP contribution in [0.15, 0.2) is 60.7 Å². The van der Waals surface area contributed by atoms with Gasteiger partial charge in [0.05, 0.1) is 11.6 Å². The predicted octanol–water partition coefficient (Wildman–Crippen LogP) is 3.78. The third-order valence-corrected chi connectivity index (χ3v) is 4.75. The van der Waals surface area contributed by atoms with Gasteiger partial charge in [0.15, 0.2) is 0 Å². The second-order valence-corrected chi connectivity index (χ2v) is 6.71. The molecular weight excluding hydrogens is 356 g/mol. The van der Waals surface area contributed by atoms with E-state index in [0.717, 1.165) is 5.56 Å². The van der Waals surface area contributed by atoms with E-state index in [1.807, 2.05) is 36.4 Å². The number of rotatable bonds is 5. The number of hydrogen-bond acceptors (Lipinski definition) is 5.